The molecule has 1 saturated heterocycles. The van der Waals surface area contributed by atoms with Crippen LogP contribution in [0.4, 0.5) is 5.82 Å². The van der Waals surface area contributed by atoms with Gasteiger partial charge in [0.15, 0.2) is 0 Å². The molecule has 0 bridgehead atoms. The molecule has 0 unspecified atom stereocenters. The molecule has 1 aromatic heterocycles. The molecule has 1 fully saturated rings. The van der Waals surface area contributed by atoms with E-state index in [1.165, 1.54) is 0 Å². The van der Waals surface area contributed by atoms with Gasteiger partial charge in [0.2, 0.25) is 0 Å². The maximum Gasteiger partial charge on any atom is 0.128 e. The summed E-state index contributed by atoms with van der Waals surface area (Å²) < 4.78 is 0. The predicted octanol–water partition coefficient (Wildman–Crippen LogP) is 1.63. The number of rotatable bonds is 3. The molecular formula is C14H24N4. The van der Waals surface area contributed by atoms with Crippen LogP contribution in [0.5, 0.6) is 0 Å². The molecule has 2 rings (SSSR count). The molecule has 2 heterocycles. The van der Waals surface area contributed by atoms with Crippen LogP contribution in [0.25, 0.3) is 0 Å². The van der Waals surface area contributed by atoms with Crippen LogP contribution in [0.3, 0.4) is 0 Å². The van der Waals surface area contributed by atoms with Gasteiger partial charge in [-0.3, -0.25) is 4.90 Å². The Morgan fingerprint density at radius 2 is 1.78 bits per heavy atom. The van der Waals surface area contributed by atoms with Gasteiger partial charge in [-0.15, -0.1) is 0 Å². The third-order valence-corrected chi connectivity index (χ3v) is 3.67. The molecule has 0 radical (unpaired) electrons. The molecule has 18 heavy (non-hydrogen) atoms. The highest BCUT2D eigenvalue weighted by molar-refractivity contribution is 5.40. The summed E-state index contributed by atoms with van der Waals surface area (Å²) in [5, 5.41) is 0. The van der Waals surface area contributed by atoms with Crippen molar-refractivity contribution < 1.29 is 0 Å². The van der Waals surface area contributed by atoms with E-state index >= 15 is 0 Å². The van der Waals surface area contributed by atoms with Crippen LogP contribution in [-0.4, -0.2) is 42.1 Å². The van der Waals surface area contributed by atoms with E-state index in [1.54, 1.807) is 0 Å². The minimum atomic E-state index is 0.0596. The molecule has 4 heteroatoms. The van der Waals surface area contributed by atoms with Gasteiger partial charge in [-0.25, -0.2) is 4.98 Å². The second-order valence-corrected chi connectivity index (χ2v) is 5.36. The summed E-state index contributed by atoms with van der Waals surface area (Å²) in [6.07, 6.45) is 1.90. The number of anilines is 1. The Hall–Kier alpha value is -1.13. The molecule has 100 valence electrons. The molecular weight excluding hydrogens is 224 g/mol. The van der Waals surface area contributed by atoms with Crippen molar-refractivity contribution in [3.05, 3.63) is 23.9 Å². The van der Waals surface area contributed by atoms with Crippen LogP contribution in [0.15, 0.2) is 18.3 Å². The van der Waals surface area contributed by atoms with Gasteiger partial charge in [0.1, 0.15) is 5.82 Å². The number of pyridine rings is 1. The van der Waals surface area contributed by atoms with Crippen LogP contribution in [-0.2, 0) is 0 Å². The zero-order valence-electron chi connectivity index (χ0n) is 11.6. The lowest BCUT2D eigenvalue weighted by atomic mass is 10.1. The lowest BCUT2D eigenvalue weighted by molar-refractivity contribution is 0.209. The molecule has 1 aliphatic heterocycles. The predicted molar refractivity (Wildman–Crippen MR) is 75.8 cm³/mol. The van der Waals surface area contributed by atoms with Gasteiger partial charge in [0, 0.05) is 44.5 Å². The molecule has 1 aromatic rings. The van der Waals surface area contributed by atoms with E-state index in [4.69, 9.17) is 5.73 Å². The van der Waals surface area contributed by atoms with Crippen LogP contribution < -0.4 is 10.6 Å². The van der Waals surface area contributed by atoms with Crippen molar-refractivity contribution in [2.75, 3.05) is 31.1 Å². The smallest absolute Gasteiger partial charge is 0.128 e. The van der Waals surface area contributed by atoms with E-state index < -0.39 is 0 Å². The lowest BCUT2D eigenvalue weighted by Crippen LogP contribution is -2.49. The monoisotopic (exact) mass is 248 g/mol. The Balaban J connectivity index is 1.97. The Morgan fingerprint density at radius 3 is 2.22 bits per heavy atom. The number of hydrogen-bond acceptors (Lipinski definition) is 4. The van der Waals surface area contributed by atoms with Gasteiger partial charge in [0.05, 0.1) is 0 Å². The Labute approximate surface area is 110 Å². The average molecular weight is 248 g/mol. The zero-order valence-corrected chi connectivity index (χ0v) is 11.6. The first-order valence-electron chi connectivity index (χ1n) is 6.78. The number of aromatic nitrogens is 1. The normalized spacial score (nSPS) is 19.3. The van der Waals surface area contributed by atoms with Crippen molar-refractivity contribution in [3.63, 3.8) is 0 Å². The largest absolute Gasteiger partial charge is 0.354 e. The third kappa shape index (κ3) is 3.00. The second-order valence-electron chi connectivity index (χ2n) is 5.36. The third-order valence-electron chi connectivity index (χ3n) is 3.67. The SMILES string of the molecule is CC(C)N1CCN(c2ccc([C@H](C)N)cn2)CC1. The second kappa shape index (κ2) is 5.67. The first-order chi connectivity index (χ1) is 8.58. The topological polar surface area (TPSA) is 45.4 Å². The van der Waals surface area contributed by atoms with Gasteiger partial charge < -0.3 is 10.6 Å². The van der Waals surface area contributed by atoms with E-state index in [2.05, 4.69) is 40.8 Å². The highest BCUT2D eigenvalue weighted by Crippen LogP contribution is 2.17. The summed E-state index contributed by atoms with van der Waals surface area (Å²) in [5.41, 5.74) is 6.93. The van der Waals surface area contributed by atoms with Gasteiger partial charge in [0.25, 0.3) is 0 Å². The maximum absolute atomic E-state index is 5.83. The molecule has 0 amide bonds. The van der Waals surface area contributed by atoms with Crippen LogP contribution in [0.2, 0.25) is 0 Å². The van der Waals surface area contributed by atoms with Crippen molar-refractivity contribution in [1.29, 1.82) is 0 Å². The van der Waals surface area contributed by atoms with E-state index in [0.717, 1.165) is 37.6 Å². The standard InChI is InChI=1S/C14H24N4/c1-11(2)17-6-8-18(9-7-17)14-5-4-13(10-16-14)12(3)15/h4-5,10-12H,6-9,15H2,1-3H3/t12-/m0/s1. The number of nitrogens with zero attached hydrogens (tertiary/aromatic N) is 3. The van der Waals surface area contributed by atoms with Gasteiger partial charge in [-0.1, -0.05) is 6.07 Å². The first kappa shape index (κ1) is 13.3. The minimum Gasteiger partial charge on any atom is -0.354 e. The number of nitrogens with two attached hydrogens (primary N) is 1. The van der Waals surface area contributed by atoms with Crippen molar-refractivity contribution >= 4 is 5.82 Å². The molecule has 0 aromatic carbocycles. The summed E-state index contributed by atoms with van der Waals surface area (Å²) in [7, 11) is 0. The lowest BCUT2D eigenvalue weighted by Gasteiger charge is -2.37. The molecule has 0 aliphatic carbocycles. The van der Waals surface area contributed by atoms with E-state index in [0.29, 0.717) is 6.04 Å². The first-order valence-corrected chi connectivity index (χ1v) is 6.78. The highest BCUT2D eigenvalue weighted by atomic mass is 15.3. The van der Waals surface area contributed by atoms with Crippen molar-refractivity contribution in [1.82, 2.24) is 9.88 Å². The molecule has 4 nitrogen and oxygen atoms in total. The van der Waals surface area contributed by atoms with E-state index in [-0.39, 0.29) is 6.04 Å². The van der Waals surface area contributed by atoms with Gasteiger partial charge >= 0.3 is 0 Å². The average Bonchev–Trinajstić information content (AvgIpc) is 2.39. The molecule has 0 saturated carbocycles. The van der Waals surface area contributed by atoms with E-state index in [1.807, 2.05) is 13.1 Å². The van der Waals surface area contributed by atoms with Crippen molar-refractivity contribution in [3.8, 4) is 0 Å². The fourth-order valence-electron chi connectivity index (χ4n) is 2.32. The summed E-state index contributed by atoms with van der Waals surface area (Å²) in [4.78, 5) is 9.38. The summed E-state index contributed by atoms with van der Waals surface area (Å²) in [6.45, 7) is 10.9. The summed E-state index contributed by atoms with van der Waals surface area (Å²) >= 11 is 0. The summed E-state index contributed by atoms with van der Waals surface area (Å²) in [5.74, 6) is 1.07. The van der Waals surface area contributed by atoms with Crippen LogP contribution in [0, 0.1) is 0 Å². The fourth-order valence-corrected chi connectivity index (χ4v) is 2.32. The Bertz CT molecular complexity index is 364. The molecule has 2 N–H and O–H groups in total. The molecule has 0 spiro atoms. The molecule has 1 aliphatic rings. The Kier molecular flexibility index (Phi) is 4.19. The Morgan fingerprint density at radius 1 is 1.11 bits per heavy atom. The van der Waals surface area contributed by atoms with E-state index in [9.17, 15) is 0 Å². The quantitative estimate of drug-likeness (QED) is 0.883. The van der Waals surface area contributed by atoms with Gasteiger partial charge in [-0.05, 0) is 32.4 Å². The van der Waals surface area contributed by atoms with Crippen LogP contribution in [0.1, 0.15) is 32.4 Å². The summed E-state index contributed by atoms with van der Waals surface area (Å²) in [6, 6.07) is 4.87. The molecule has 1 atom stereocenters. The number of piperazine rings is 1. The highest BCUT2D eigenvalue weighted by Gasteiger charge is 2.19. The van der Waals surface area contributed by atoms with Crippen LogP contribution >= 0.6 is 0 Å². The van der Waals surface area contributed by atoms with Crippen molar-refractivity contribution in [2.24, 2.45) is 5.73 Å². The van der Waals surface area contributed by atoms with Gasteiger partial charge in [-0.2, -0.15) is 0 Å². The zero-order chi connectivity index (χ0) is 13.1. The minimum absolute atomic E-state index is 0.0596. The number of hydrogen-bond donors (Lipinski definition) is 1. The van der Waals surface area contributed by atoms with Crippen molar-refractivity contribution in [2.45, 2.75) is 32.9 Å². The maximum atomic E-state index is 5.83. The fraction of sp³-hybridized carbons (Fsp3) is 0.643.